The third-order valence-corrected chi connectivity index (χ3v) is 4.56. The SMILES string of the molecule is COc1ccc(CCC(=O)Nc2nnc(-c3cccnc3)s2)cc1OC. The highest BCUT2D eigenvalue weighted by Crippen LogP contribution is 2.28. The number of methoxy groups -OCH3 is 2. The lowest BCUT2D eigenvalue weighted by Crippen LogP contribution is -2.12. The lowest BCUT2D eigenvalue weighted by molar-refractivity contribution is -0.116. The van der Waals surface area contributed by atoms with E-state index >= 15 is 0 Å². The number of rotatable bonds is 7. The predicted molar refractivity (Wildman–Crippen MR) is 99.6 cm³/mol. The molecule has 1 N–H and O–H groups in total. The molecule has 0 aliphatic heterocycles. The molecule has 0 spiro atoms. The van der Waals surface area contributed by atoms with E-state index in [4.69, 9.17) is 9.47 Å². The molecule has 0 unspecified atom stereocenters. The van der Waals surface area contributed by atoms with Crippen molar-refractivity contribution in [1.29, 1.82) is 0 Å². The summed E-state index contributed by atoms with van der Waals surface area (Å²) in [7, 11) is 3.18. The van der Waals surface area contributed by atoms with Crippen LogP contribution < -0.4 is 14.8 Å². The summed E-state index contributed by atoms with van der Waals surface area (Å²) in [5, 5.41) is 12.1. The normalized spacial score (nSPS) is 10.4. The molecule has 3 aromatic rings. The molecule has 7 nitrogen and oxygen atoms in total. The Labute approximate surface area is 155 Å². The van der Waals surface area contributed by atoms with Gasteiger partial charge < -0.3 is 14.8 Å². The number of nitrogens with zero attached hydrogens (tertiary/aromatic N) is 3. The number of anilines is 1. The molecule has 2 heterocycles. The number of nitrogens with one attached hydrogen (secondary N) is 1. The van der Waals surface area contributed by atoms with Crippen LogP contribution in [0.2, 0.25) is 0 Å². The minimum absolute atomic E-state index is 0.117. The summed E-state index contributed by atoms with van der Waals surface area (Å²) in [5.41, 5.74) is 1.86. The van der Waals surface area contributed by atoms with Crippen LogP contribution in [0.1, 0.15) is 12.0 Å². The maximum Gasteiger partial charge on any atom is 0.226 e. The first kappa shape index (κ1) is 17.8. The second-order valence-corrected chi connectivity index (χ2v) is 6.37. The van der Waals surface area contributed by atoms with E-state index in [-0.39, 0.29) is 5.91 Å². The summed E-state index contributed by atoms with van der Waals surface area (Å²) in [6, 6.07) is 9.35. The van der Waals surface area contributed by atoms with E-state index in [1.807, 2.05) is 30.3 Å². The average Bonchev–Trinajstić information content (AvgIpc) is 3.15. The minimum Gasteiger partial charge on any atom is -0.493 e. The molecule has 1 aromatic carbocycles. The van der Waals surface area contributed by atoms with E-state index in [1.54, 1.807) is 26.6 Å². The van der Waals surface area contributed by atoms with Gasteiger partial charge in [0, 0.05) is 24.4 Å². The van der Waals surface area contributed by atoms with Crippen molar-refractivity contribution in [3.63, 3.8) is 0 Å². The highest BCUT2D eigenvalue weighted by molar-refractivity contribution is 7.18. The van der Waals surface area contributed by atoms with E-state index in [0.29, 0.717) is 34.5 Å². The van der Waals surface area contributed by atoms with Crippen molar-refractivity contribution in [2.45, 2.75) is 12.8 Å². The first-order chi connectivity index (χ1) is 12.7. The summed E-state index contributed by atoms with van der Waals surface area (Å²) in [6.45, 7) is 0. The molecule has 1 amide bonds. The summed E-state index contributed by atoms with van der Waals surface area (Å²) < 4.78 is 10.5. The molecule has 2 aromatic heterocycles. The van der Waals surface area contributed by atoms with Gasteiger partial charge in [-0.15, -0.1) is 10.2 Å². The van der Waals surface area contributed by atoms with Gasteiger partial charge in [-0.05, 0) is 36.2 Å². The zero-order valence-corrected chi connectivity index (χ0v) is 15.2. The van der Waals surface area contributed by atoms with Crippen LogP contribution >= 0.6 is 11.3 Å². The van der Waals surface area contributed by atoms with Crippen molar-refractivity contribution in [3.8, 4) is 22.1 Å². The summed E-state index contributed by atoms with van der Waals surface area (Å²) in [6.07, 6.45) is 4.32. The van der Waals surface area contributed by atoms with E-state index in [2.05, 4.69) is 20.5 Å². The molecule has 8 heteroatoms. The largest absolute Gasteiger partial charge is 0.493 e. The third kappa shape index (κ3) is 4.34. The van der Waals surface area contributed by atoms with Gasteiger partial charge in [0.1, 0.15) is 0 Å². The number of hydrogen-bond donors (Lipinski definition) is 1. The van der Waals surface area contributed by atoms with E-state index < -0.39 is 0 Å². The topological polar surface area (TPSA) is 86.2 Å². The van der Waals surface area contributed by atoms with Crippen LogP contribution in [-0.2, 0) is 11.2 Å². The van der Waals surface area contributed by atoms with Crippen LogP contribution in [0.25, 0.3) is 10.6 Å². The van der Waals surface area contributed by atoms with E-state index in [1.165, 1.54) is 11.3 Å². The highest BCUT2D eigenvalue weighted by atomic mass is 32.1. The molecule has 3 rings (SSSR count). The van der Waals surface area contributed by atoms with Crippen molar-refractivity contribution in [2.24, 2.45) is 0 Å². The zero-order chi connectivity index (χ0) is 18.4. The second kappa shape index (κ2) is 8.39. The Kier molecular flexibility index (Phi) is 5.75. The highest BCUT2D eigenvalue weighted by Gasteiger charge is 2.11. The molecule has 134 valence electrons. The fraction of sp³-hybridized carbons (Fsp3) is 0.222. The Morgan fingerprint density at radius 1 is 1.15 bits per heavy atom. The van der Waals surface area contributed by atoms with Crippen molar-refractivity contribution >= 4 is 22.4 Å². The number of benzene rings is 1. The van der Waals surface area contributed by atoms with E-state index in [9.17, 15) is 4.79 Å². The Morgan fingerprint density at radius 3 is 2.73 bits per heavy atom. The average molecular weight is 370 g/mol. The summed E-state index contributed by atoms with van der Waals surface area (Å²) in [5.74, 6) is 1.20. The van der Waals surface area contributed by atoms with Gasteiger partial charge in [-0.1, -0.05) is 17.4 Å². The van der Waals surface area contributed by atoms with Crippen molar-refractivity contribution in [1.82, 2.24) is 15.2 Å². The van der Waals surface area contributed by atoms with Crippen LogP contribution in [0.4, 0.5) is 5.13 Å². The number of amides is 1. The van der Waals surface area contributed by atoms with Crippen LogP contribution in [0, 0.1) is 0 Å². The minimum atomic E-state index is -0.117. The van der Waals surface area contributed by atoms with Crippen LogP contribution in [0.15, 0.2) is 42.7 Å². The first-order valence-corrected chi connectivity index (χ1v) is 8.76. The first-order valence-electron chi connectivity index (χ1n) is 7.94. The second-order valence-electron chi connectivity index (χ2n) is 5.39. The number of aromatic nitrogens is 3. The molecule has 26 heavy (non-hydrogen) atoms. The molecule has 0 saturated heterocycles. The lowest BCUT2D eigenvalue weighted by Gasteiger charge is -2.09. The third-order valence-electron chi connectivity index (χ3n) is 3.67. The van der Waals surface area contributed by atoms with Gasteiger partial charge in [0.25, 0.3) is 0 Å². The Balaban J connectivity index is 1.57. The van der Waals surface area contributed by atoms with Crippen molar-refractivity contribution < 1.29 is 14.3 Å². The molecule has 0 saturated carbocycles. The van der Waals surface area contributed by atoms with Crippen LogP contribution in [0.5, 0.6) is 11.5 Å². The maximum atomic E-state index is 12.2. The summed E-state index contributed by atoms with van der Waals surface area (Å²) >= 11 is 1.32. The van der Waals surface area contributed by atoms with E-state index in [0.717, 1.165) is 11.1 Å². The van der Waals surface area contributed by atoms with Gasteiger partial charge >= 0.3 is 0 Å². The molecular formula is C18H18N4O3S. The Bertz CT molecular complexity index is 883. The predicted octanol–water partition coefficient (Wildman–Crippen LogP) is 3.19. The van der Waals surface area contributed by atoms with Crippen molar-refractivity contribution in [3.05, 3.63) is 48.3 Å². The van der Waals surface area contributed by atoms with Crippen LogP contribution in [0.3, 0.4) is 0 Å². The van der Waals surface area contributed by atoms with Gasteiger partial charge in [-0.3, -0.25) is 9.78 Å². The molecule has 0 atom stereocenters. The summed E-state index contributed by atoms with van der Waals surface area (Å²) in [4.78, 5) is 16.2. The van der Waals surface area contributed by atoms with Gasteiger partial charge in [-0.2, -0.15) is 0 Å². The fourth-order valence-electron chi connectivity index (χ4n) is 2.36. The molecule has 0 fully saturated rings. The number of carbonyl (C=O) groups excluding carboxylic acids is 1. The van der Waals surface area contributed by atoms with Gasteiger partial charge in [0.2, 0.25) is 11.0 Å². The zero-order valence-electron chi connectivity index (χ0n) is 14.4. The monoisotopic (exact) mass is 370 g/mol. The van der Waals surface area contributed by atoms with Gasteiger partial charge in [0.15, 0.2) is 16.5 Å². The smallest absolute Gasteiger partial charge is 0.226 e. The lowest BCUT2D eigenvalue weighted by atomic mass is 10.1. The quantitative estimate of drug-likeness (QED) is 0.687. The fourth-order valence-corrected chi connectivity index (χ4v) is 3.11. The number of carbonyl (C=O) groups is 1. The molecule has 0 aliphatic carbocycles. The number of ether oxygens (including phenoxy) is 2. The molecule has 0 aliphatic rings. The van der Waals surface area contributed by atoms with Crippen LogP contribution in [-0.4, -0.2) is 35.3 Å². The Morgan fingerprint density at radius 2 is 2.00 bits per heavy atom. The molecular weight excluding hydrogens is 352 g/mol. The Hall–Kier alpha value is -3.00. The number of aryl methyl sites for hydroxylation is 1. The van der Waals surface area contributed by atoms with Crippen molar-refractivity contribution in [2.75, 3.05) is 19.5 Å². The maximum absolute atomic E-state index is 12.2. The molecule has 0 bridgehead atoms. The number of pyridine rings is 1. The van der Waals surface area contributed by atoms with Gasteiger partial charge in [-0.25, -0.2) is 0 Å². The molecule has 0 radical (unpaired) electrons. The number of hydrogen-bond acceptors (Lipinski definition) is 7. The van der Waals surface area contributed by atoms with Gasteiger partial charge in [0.05, 0.1) is 14.2 Å². The standard InChI is InChI=1S/C18H18N4O3S/c1-24-14-7-5-12(10-15(14)25-2)6-8-16(23)20-18-22-21-17(26-18)13-4-3-9-19-11-13/h3-5,7,9-11H,6,8H2,1-2H3,(H,20,22,23).